The number of aromatic nitrogens is 2. The molecule has 0 amide bonds. The largest absolute Gasteiger partial charge is 0.398 e. The summed E-state index contributed by atoms with van der Waals surface area (Å²) in [5, 5.41) is 0.736. The van der Waals surface area contributed by atoms with E-state index in [0.717, 1.165) is 9.92 Å². The molecule has 0 saturated carbocycles. The molecule has 1 aromatic heterocycles. The Labute approximate surface area is 96.9 Å². The molecular formula is C11H10FN3S. The highest BCUT2D eigenvalue weighted by atomic mass is 32.2. The van der Waals surface area contributed by atoms with Crippen LogP contribution in [0.2, 0.25) is 0 Å². The number of nitrogen functional groups attached to an aromatic ring is 1. The van der Waals surface area contributed by atoms with Gasteiger partial charge in [0.25, 0.3) is 0 Å². The molecule has 0 spiro atoms. The normalized spacial score (nSPS) is 10.4. The Kier molecular flexibility index (Phi) is 3.05. The zero-order valence-corrected chi connectivity index (χ0v) is 9.46. The van der Waals surface area contributed by atoms with Crippen LogP contribution in [0.5, 0.6) is 0 Å². The van der Waals surface area contributed by atoms with Crippen molar-refractivity contribution in [3.8, 4) is 0 Å². The average molecular weight is 235 g/mol. The number of aryl methyl sites for hydroxylation is 1. The van der Waals surface area contributed by atoms with E-state index in [9.17, 15) is 4.39 Å². The van der Waals surface area contributed by atoms with Crippen LogP contribution in [0, 0.1) is 12.7 Å². The Hall–Kier alpha value is -1.62. The second kappa shape index (κ2) is 4.49. The van der Waals surface area contributed by atoms with Crippen molar-refractivity contribution in [2.75, 3.05) is 5.73 Å². The van der Waals surface area contributed by atoms with Gasteiger partial charge in [-0.1, -0.05) is 11.8 Å². The summed E-state index contributed by atoms with van der Waals surface area (Å²) >= 11 is 1.37. The molecule has 3 nitrogen and oxygen atoms in total. The van der Waals surface area contributed by atoms with Crippen molar-refractivity contribution in [2.24, 2.45) is 0 Å². The molecule has 0 fully saturated rings. The quantitative estimate of drug-likeness (QED) is 0.813. The van der Waals surface area contributed by atoms with Crippen LogP contribution < -0.4 is 5.73 Å². The first-order chi connectivity index (χ1) is 7.66. The van der Waals surface area contributed by atoms with Crippen LogP contribution in [0.3, 0.4) is 0 Å². The van der Waals surface area contributed by atoms with E-state index in [4.69, 9.17) is 5.73 Å². The number of nitrogens with two attached hydrogens (primary N) is 1. The van der Waals surface area contributed by atoms with Gasteiger partial charge in [-0.2, -0.15) is 0 Å². The molecule has 0 radical (unpaired) electrons. The van der Waals surface area contributed by atoms with Gasteiger partial charge in [0.15, 0.2) is 0 Å². The van der Waals surface area contributed by atoms with Crippen LogP contribution in [-0.4, -0.2) is 9.97 Å². The Morgan fingerprint density at radius 2 is 2.12 bits per heavy atom. The maximum absolute atomic E-state index is 13.2. The van der Waals surface area contributed by atoms with E-state index in [1.54, 1.807) is 31.6 Å². The van der Waals surface area contributed by atoms with Gasteiger partial charge in [-0.05, 0) is 24.6 Å². The molecule has 82 valence electrons. The number of hydrogen-bond donors (Lipinski definition) is 1. The third-order valence-electron chi connectivity index (χ3n) is 2.05. The molecule has 0 aliphatic carbocycles. The minimum absolute atomic E-state index is 0.291. The topological polar surface area (TPSA) is 51.8 Å². The van der Waals surface area contributed by atoms with Crippen molar-refractivity contribution < 1.29 is 4.39 Å². The Bertz CT molecular complexity index is 502. The van der Waals surface area contributed by atoms with Crippen molar-refractivity contribution in [1.29, 1.82) is 0 Å². The molecule has 16 heavy (non-hydrogen) atoms. The molecule has 0 unspecified atom stereocenters. The van der Waals surface area contributed by atoms with Gasteiger partial charge < -0.3 is 5.73 Å². The number of anilines is 1. The lowest BCUT2D eigenvalue weighted by Crippen LogP contribution is -1.93. The highest BCUT2D eigenvalue weighted by Gasteiger charge is 2.07. The van der Waals surface area contributed by atoms with E-state index < -0.39 is 0 Å². The Morgan fingerprint density at radius 3 is 2.81 bits per heavy atom. The van der Waals surface area contributed by atoms with Crippen LogP contribution in [0.25, 0.3) is 0 Å². The molecule has 2 N–H and O–H groups in total. The van der Waals surface area contributed by atoms with Gasteiger partial charge in [0.2, 0.25) is 0 Å². The van der Waals surface area contributed by atoms with Crippen LogP contribution in [-0.2, 0) is 0 Å². The fourth-order valence-corrected chi connectivity index (χ4v) is 2.07. The highest BCUT2D eigenvalue weighted by molar-refractivity contribution is 7.99. The second-order valence-electron chi connectivity index (χ2n) is 3.28. The maximum atomic E-state index is 13.2. The number of benzene rings is 1. The van der Waals surface area contributed by atoms with E-state index >= 15 is 0 Å². The molecule has 2 rings (SSSR count). The molecular weight excluding hydrogens is 225 g/mol. The molecule has 1 aromatic carbocycles. The summed E-state index contributed by atoms with van der Waals surface area (Å²) in [5.41, 5.74) is 6.71. The number of halogens is 1. The molecule has 0 aliphatic rings. The number of rotatable bonds is 2. The molecule has 5 heteroatoms. The highest BCUT2D eigenvalue weighted by Crippen LogP contribution is 2.31. The van der Waals surface area contributed by atoms with Gasteiger partial charge in [0, 0.05) is 23.0 Å². The molecule has 0 bridgehead atoms. The lowest BCUT2D eigenvalue weighted by atomic mass is 10.2. The van der Waals surface area contributed by atoms with Crippen LogP contribution in [0.15, 0.2) is 40.6 Å². The van der Waals surface area contributed by atoms with Gasteiger partial charge in [-0.25, -0.2) is 9.37 Å². The first-order valence-corrected chi connectivity index (χ1v) is 5.48. The lowest BCUT2D eigenvalue weighted by molar-refractivity contribution is 0.618. The Balaban J connectivity index is 2.32. The molecule has 2 aromatic rings. The fourth-order valence-electron chi connectivity index (χ4n) is 1.21. The summed E-state index contributed by atoms with van der Waals surface area (Å²) in [6, 6.07) is 3.04. The van der Waals surface area contributed by atoms with Crippen LogP contribution in [0.1, 0.15) is 5.56 Å². The smallest absolute Gasteiger partial charge is 0.128 e. The standard InChI is InChI=1S/C11H10FN3S/c1-7-4-10(9(13)5-8(7)12)16-11-6-14-2-3-15-11/h2-6H,13H2,1H3. The molecule has 0 aliphatic heterocycles. The van der Waals surface area contributed by atoms with Gasteiger partial charge in [-0.3, -0.25) is 4.98 Å². The van der Waals surface area contributed by atoms with Crippen molar-refractivity contribution in [3.05, 3.63) is 42.1 Å². The van der Waals surface area contributed by atoms with Crippen molar-refractivity contribution >= 4 is 17.4 Å². The first kappa shape index (κ1) is 10.9. The van der Waals surface area contributed by atoms with Crippen molar-refractivity contribution in [2.45, 2.75) is 16.8 Å². The summed E-state index contributed by atoms with van der Waals surface area (Å²) in [7, 11) is 0. The van der Waals surface area contributed by atoms with E-state index in [1.165, 1.54) is 17.8 Å². The minimum Gasteiger partial charge on any atom is -0.398 e. The third kappa shape index (κ3) is 2.30. The van der Waals surface area contributed by atoms with Gasteiger partial charge in [-0.15, -0.1) is 0 Å². The van der Waals surface area contributed by atoms with Crippen LogP contribution >= 0.6 is 11.8 Å². The molecule has 0 atom stereocenters. The van der Waals surface area contributed by atoms with Crippen LogP contribution in [0.4, 0.5) is 10.1 Å². The minimum atomic E-state index is -0.291. The van der Waals surface area contributed by atoms with E-state index in [2.05, 4.69) is 9.97 Å². The monoisotopic (exact) mass is 235 g/mol. The van der Waals surface area contributed by atoms with Crippen molar-refractivity contribution in [1.82, 2.24) is 9.97 Å². The SMILES string of the molecule is Cc1cc(Sc2cnccn2)c(N)cc1F. The summed E-state index contributed by atoms with van der Waals surface area (Å²) in [6.07, 6.45) is 4.85. The van der Waals surface area contributed by atoms with Gasteiger partial charge in [0.1, 0.15) is 10.8 Å². The molecule has 1 heterocycles. The summed E-state index contributed by atoms with van der Waals surface area (Å²) in [4.78, 5) is 8.86. The molecule has 0 saturated heterocycles. The predicted molar refractivity (Wildman–Crippen MR) is 61.7 cm³/mol. The van der Waals surface area contributed by atoms with E-state index in [-0.39, 0.29) is 5.82 Å². The predicted octanol–water partition coefficient (Wildman–Crippen LogP) is 2.66. The Morgan fingerprint density at radius 1 is 1.31 bits per heavy atom. The second-order valence-corrected chi connectivity index (χ2v) is 4.35. The zero-order valence-electron chi connectivity index (χ0n) is 8.64. The van der Waals surface area contributed by atoms with Gasteiger partial charge in [0.05, 0.1) is 6.20 Å². The average Bonchev–Trinajstić information content (AvgIpc) is 2.27. The van der Waals surface area contributed by atoms with Gasteiger partial charge >= 0.3 is 0 Å². The van der Waals surface area contributed by atoms with Crippen molar-refractivity contribution in [3.63, 3.8) is 0 Å². The fraction of sp³-hybridized carbons (Fsp3) is 0.0909. The summed E-state index contributed by atoms with van der Waals surface area (Å²) in [6.45, 7) is 1.70. The number of nitrogens with zero attached hydrogens (tertiary/aromatic N) is 2. The summed E-state index contributed by atoms with van der Waals surface area (Å²) < 4.78 is 13.2. The van der Waals surface area contributed by atoms with E-state index in [0.29, 0.717) is 11.3 Å². The maximum Gasteiger partial charge on any atom is 0.128 e. The third-order valence-corrected chi connectivity index (χ3v) is 3.04. The summed E-state index contributed by atoms with van der Waals surface area (Å²) in [5.74, 6) is -0.291. The first-order valence-electron chi connectivity index (χ1n) is 4.66. The zero-order chi connectivity index (χ0) is 11.5. The van der Waals surface area contributed by atoms with E-state index in [1.807, 2.05) is 0 Å². The number of hydrogen-bond acceptors (Lipinski definition) is 4. The lowest BCUT2D eigenvalue weighted by Gasteiger charge is -2.06.